The van der Waals surface area contributed by atoms with E-state index in [2.05, 4.69) is 15.6 Å². The van der Waals surface area contributed by atoms with Gasteiger partial charge in [-0.25, -0.2) is 4.98 Å². The Balaban J connectivity index is 1.84. The molecule has 0 radical (unpaired) electrons. The van der Waals surface area contributed by atoms with Crippen molar-refractivity contribution in [1.29, 1.82) is 0 Å². The van der Waals surface area contributed by atoms with Crippen LogP contribution in [0.15, 0.2) is 18.2 Å². The van der Waals surface area contributed by atoms with Gasteiger partial charge in [0.15, 0.2) is 0 Å². The zero-order chi connectivity index (χ0) is 12.1. The minimum Gasteiger partial charge on any atom is -0.316 e. The van der Waals surface area contributed by atoms with E-state index < -0.39 is 0 Å². The van der Waals surface area contributed by atoms with E-state index in [4.69, 9.17) is 11.6 Å². The first-order valence-electron chi connectivity index (χ1n) is 5.87. The van der Waals surface area contributed by atoms with Gasteiger partial charge >= 0.3 is 0 Å². The van der Waals surface area contributed by atoms with Crippen LogP contribution in [-0.2, 0) is 4.79 Å². The van der Waals surface area contributed by atoms with Gasteiger partial charge in [0.2, 0.25) is 5.91 Å². The number of aromatic nitrogens is 1. The quantitative estimate of drug-likeness (QED) is 0.811. The SMILES string of the molecule is O=C(CC1CCCNC1)Nc1cccc(Cl)n1. The third-order valence-corrected chi connectivity index (χ3v) is 3.07. The largest absolute Gasteiger partial charge is 0.316 e. The highest BCUT2D eigenvalue weighted by Crippen LogP contribution is 2.15. The molecule has 1 atom stereocenters. The Hall–Kier alpha value is -1.13. The summed E-state index contributed by atoms with van der Waals surface area (Å²) in [6.07, 6.45) is 2.80. The molecule has 92 valence electrons. The lowest BCUT2D eigenvalue weighted by atomic mass is 9.96. The number of anilines is 1. The molecule has 2 N–H and O–H groups in total. The summed E-state index contributed by atoms with van der Waals surface area (Å²) in [4.78, 5) is 15.8. The number of carbonyl (C=O) groups excluding carboxylic acids is 1. The molecule has 1 amide bonds. The molecule has 1 aliphatic rings. The molecule has 0 spiro atoms. The van der Waals surface area contributed by atoms with E-state index in [-0.39, 0.29) is 5.91 Å². The maximum atomic E-state index is 11.8. The van der Waals surface area contributed by atoms with Gasteiger partial charge in [-0.15, -0.1) is 0 Å². The van der Waals surface area contributed by atoms with Gasteiger partial charge in [0, 0.05) is 6.42 Å². The van der Waals surface area contributed by atoms with E-state index in [1.807, 2.05) is 0 Å². The van der Waals surface area contributed by atoms with E-state index in [9.17, 15) is 4.79 Å². The van der Waals surface area contributed by atoms with Crippen molar-refractivity contribution < 1.29 is 4.79 Å². The Morgan fingerprint density at radius 3 is 3.18 bits per heavy atom. The van der Waals surface area contributed by atoms with Crippen molar-refractivity contribution in [2.75, 3.05) is 18.4 Å². The predicted molar refractivity (Wildman–Crippen MR) is 68.1 cm³/mol. The van der Waals surface area contributed by atoms with Crippen molar-refractivity contribution in [2.24, 2.45) is 5.92 Å². The monoisotopic (exact) mass is 253 g/mol. The van der Waals surface area contributed by atoms with Crippen LogP contribution in [0.4, 0.5) is 5.82 Å². The second kappa shape index (κ2) is 5.98. The van der Waals surface area contributed by atoms with Crippen LogP contribution in [0.1, 0.15) is 19.3 Å². The summed E-state index contributed by atoms with van der Waals surface area (Å²) < 4.78 is 0. The van der Waals surface area contributed by atoms with Crippen LogP contribution in [0, 0.1) is 5.92 Å². The summed E-state index contributed by atoms with van der Waals surface area (Å²) in [5, 5.41) is 6.46. The molecule has 0 saturated carbocycles. The fourth-order valence-corrected chi connectivity index (χ4v) is 2.20. The van der Waals surface area contributed by atoms with Crippen molar-refractivity contribution in [3.63, 3.8) is 0 Å². The van der Waals surface area contributed by atoms with Crippen LogP contribution in [0.5, 0.6) is 0 Å². The third kappa shape index (κ3) is 3.98. The summed E-state index contributed by atoms with van der Waals surface area (Å²) >= 11 is 5.75. The van der Waals surface area contributed by atoms with Crippen LogP contribution < -0.4 is 10.6 Å². The molecule has 1 aromatic heterocycles. The fraction of sp³-hybridized carbons (Fsp3) is 0.500. The lowest BCUT2D eigenvalue weighted by molar-refractivity contribution is -0.117. The number of hydrogen-bond donors (Lipinski definition) is 2. The maximum Gasteiger partial charge on any atom is 0.225 e. The molecule has 0 bridgehead atoms. The van der Waals surface area contributed by atoms with E-state index in [0.717, 1.165) is 25.9 Å². The highest BCUT2D eigenvalue weighted by molar-refractivity contribution is 6.29. The molecule has 1 fully saturated rings. The second-order valence-corrected chi connectivity index (χ2v) is 4.70. The lowest BCUT2D eigenvalue weighted by Gasteiger charge is -2.21. The van der Waals surface area contributed by atoms with Gasteiger partial charge in [0.05, 0.1) is 0 Å². The van der Waals surface area contributed by atoms with Gasteiger partial charge in [0.1, 0.15) is 11.0 Å². The van der Waals surface area contributed by atoms with Gasteiger partial charge in [-0.3, -0.25) is 4.79 Å². The Bertz CT molecular complexity index is 391. The van der Waals surface area contributed by atoms with Gasteiger partial charge in [-0.2, -0.15) is 0 Å². The van der Waals surface area contributed by atoms with Gasteiger partial charge in [0.25, 0.3) is 0 Å². The van der Waals surface area contributed by atoms with Crippen LogP contribution in [0.25, 0.3) is 0 Å². The zero-order valence-corrected chi connectivity index (χ0v) is 10.3. The summed E-state index contributed by atoms with van der Waals surface area (Å²) in [7, 11) is 0. The Morgan fingerprint density at radius 1 is 1.59 bits per heavy atom. The van der Waals surface area contributed by atoms with E-state index >= 15 is 0 Å². The number of halogens is 1. The Labute approximate surface area is 106 Å². The highest BCUT2D eigenvalue weighted by atomic mass is 35.5. The normalized spacial score (nSPS) is 19.9. The number of rotatable bonds is 3. The number of pyridine rings is 1. The number of amides is 1. The van der Waals surface area contributed by atoms with E-state index in [1.54, 1.807) is 18.2 Å². The predicted octanol–water partition coefficient (Wildman–Crippen LogP) is 2.06. The summed E-state index contributed by atoms with van der Waals surface area (Å²) in [5.41, 5.74) is 0. The van der Waals surface area contributed by atoms with E-state index in [1.165, 1.54) is 0 Å². The van der Waals surface area contributed by atoms with Crippen molar-refractivity contribution in [3.05, 3.63) is 23.4 Å². The number of hydrogen-bond acceptors (Lipinski definition) is 3. The van der Waals surface area contributed by atoms with Gasteiger partial charge in [-0.05, 0) is 44.0 Å². The first kappa shape index (κ1) is 12.3. The maximum absolute atomic E-state index is 11.8. The van der Waals surface area contributed by atoms with Crippen molar-refractivity contribution in [2.45, 2.75) is 19.3 Å². The molecule has 1 aliphatic heterocycles. The first-order chi connectivity index (χ1) is 8.24. The number of nitrogens with zero attached hydrogens (tertiary/aromatic N) is 1. The standard InChI is InChI=1S/C12H16ClN3O/c13-10-4-1-5-11(15-10)16-12(17)7-9-3-2-6-14-8-9/h1,4-5,9,14H,2-3,6-8H2,(H,15,16,17). The van der Waals surface area contributed by atoms with Crippen LogP contribution >= 0.6 is 11.6 Å². The molecule has 1 saturated heterocycles. The second-order valence-electron chi connectivity index (χ2n) is 4.31. The molecule has 4 nitrogen and oxygen atoms in total. The smallest absolute Gasteiger partial charge is 0.225 e. The first-order valence-corrected chi connectivity index (χ1v) is 6.25. The molecule has 1 aromatic rings. The number of carbonyl (C=O) groups is 1. The van der Waals surface area contributed by atoms with Crippen LogP contribution in [0.3, 0.4) is 0 Å². The third-order valence-electron chi connectivity index (χ3n) is 2.86. The topological polar surface area (TPSA) is 54.0 Å². The summed E-state index contributed by atoms with van der Waals surface area (Å²) in [5.74, 6) is 0.961. The Kier molecular flexibility index (Phi) is 4.34. The molecule has 0 aliphatic carbocycles. The van der Waals surface area contributed by atoms with E-state index in [0.29, 0.717) is 23.3 Å². The minimum absolute atomic E-state index is 0.00784. The zero-order valence-electron chi connectivity index (χ0n) is 9.58. The molecular weight excluding hydrogens is 238 g/mol. The minimum atomic E-state index is 0.00784. The fourth-order valence-electron chi connectivity index (χ4n) is 2.03. The highest BCUT2D eigenvalue weighted by Gasteiger charge is 2.16. The van der Waals surface area contributed by atoms with Crippen LogP contribution in [0.2, 0.25) is 5.15 Å². The summed E-state index contributed by atoms with van der Waals surface area (Å²) in [6.45, 7) is 1.99. The molecule has 17 heavy (non-hydrogen) atoms. The molecule has 0 aromatic carbocycles. The van der Waals surface area contributed by atoms with Crippen molar-refractivity contribution >= 4 is 23.3 Å². The number of piperidine rings is 1. The molecular formula is C12H16ClN3O. The molecule has 1 unspecified atom stereocenters. The van der Waals surface area contributed by atoms with Crippen molar-refractivity contribution in [1.82, 2.24) is 10.3 Å². The van der Waals surface area contributed by atoms with Crippen LogP contribution in [-0.4, -0.2) is 24.0 Å². The molecule has 2 heterocycles. The van der Waals surface area contributed by atoms with Gasteiger partial charge < -0.3 is 10.6 Å². The van der Waals surface area contributed by atoms with Crippen molar-refractivity contribution in [3.8, 4) is 0 Å². The molecule has 5 heteroatoms. The summed E-state index contributed by atoms with van der Waals surface area (Å²) in [6, 6.07) is 5.19. The molecule has 2 rings (SSSR count). The average molecular weight is 254 g/mol. The van der Waals surface area contributed by atoms with Gasteiger partial charge in [-0.1, -0.05) is 17.7 Å². The average Bonchev–Trinajstić information content (AvgIpc) is 2.30. The number of nitrogens with one attached hydrogen (secondary N) is 2. The lowest BCUT2D eigenvalue weighted by Crippen LogP contribution is -2.32. The Morgan fingerprint density at radius 2 is 2.47 bits per heavy atom.